The van der Waals surface area contributed by atoms with E-state index in [1.165, 1.54) is 24.3 Å². The zero-order valence-corrected chi connectivity index (χ0v) is 15.2. The lowest BCUT2D eigenvalue weighted by atomic mass is 10.1. The lowest BCUT2D eigenvalue weighted by Gasteiger charge is -2.23. The molecule has 0 amide bonds. The van der Waals surface area contributed by atoms with E-state index in [0.29, 0.717) is 0 Å². The zero-order chi connectivity index (χ0) is 20.8. The average Bonchev–Trinajstić information content (AvgIpc) is 2.64. The first-order valence-corrected chi connectivity index (χ1v) is 8.32. The summed E-state index contributed by atoms with van der Waals surface area (Å²) in [4.78, 5) is 35.3. The minimum absolute atomic E-state index is 0.0556. The van der Waals surface area contributed by atoms with Crippen LogP contribution in [0.4, 0.5) is 0 Å². The number of benzene rings is 2. The van der Waals surface area contributed by atoms with E-state index in [0.717, 1.165) is 11.1 Å². The Bertz CT molecular complexity index is 842. The first-order valence-electron chi connectivity index (χ1n) is 8.32. The van der Waals surface area contributed by atoms with Gasteiger partial charge in [-0.1, -0.05) is 47.5 Å². The number of aliphatic hydroxyl groups excluding tert-OH is 1. The van der Waals surface area contributed by atoms with Gasteiger partial charge in [0, 0.05) is 5.56 Å². The SMILES string of the molecule is Cc1ccc(C(=O)O[C@@H](C(=O)O)[C@@H](OC(O)c2ccc(C)cc2)C(=O)O)cc1. The largest absolute Gasteiger partial charge is 0.479 e. The van der Waals surface area contributed by atoms with Crippen LogP contribution in [0, 0.1) is 13.8 Å². The van der Waals surface area contributed by atoms with Gasteiger partial charge in [0.05, 0.1) is 5.56 Å². The third-order valence-electron chi connectivity index (χ3n) is 3.92. The minimum atomic E-state index is -2.16. The molecule has 0 heterocycles. The van der Waals surface area contributed by atoms with Crippen LogP contribution in [0.5, 0.6) is 0 Å². The summed E-state index contributed by atoms with van der Waals surface area (Å²) in [5.41, 5.74) is 2.06. The molecule has 148 valence electrons. The number of hydrogen-bond donors (Lipinski definition) is 3. The Balaban J connectivity index is 2.20. The zero-order valence-electron chi connectivity index (χ0n) is 15.2. The number of ether oxygens (including phenoxy) is 2. The number of carbonyl (C=O) groups is 3. The van der Waals surface area contributed by atoms with E-state index in [9.17, 15) is 29.7 Å². The summed E-state index contributed by atoms with van der Waals surface area (Å²) < 4.78 is 9.88. The maximum atomic E-state index is 12.2. The summed E-state index contributed by atoms with van der Waals surface area (Å²) in [5, 5.41) is 28.8. The lowest BCUT2D eigenvalue weighted by molar-refractivity contribution is -0.199. The standard InChI is InChI=1S/C20H20O8/c1-11-3-7-13(8-4-11)19(25)27-15(17(21)22)16(18(23)24)28-20(26)14-9-5-12(2)6-10-14/h3-10,15-16,19,25H,1-2H3,(H,21,22)(H,23,24)/t15-,16-,19?/m1/s1. The smallest absolute Gasteiger partial charge is 0.348 e. The van der Waals surface area contributed by atoms with Crippen molar-refractivity contribution < 1.29 is 39.2 Å². The fraction of sp³-hybridized carbons (Fsp3) is 0.250. The summed E-state index contributed by atoms with van der Waals surface area (Å²) in [6, 6.07) is 12.5. The molecule has 3 atom stereocenters. The van der Waals surface area contributed by atoms with Crippen molar-refractivity contribution in [1.82, 2.24) is 0 Å². The van der Waals surface area contributed by atoms with Crippen LogP contribution in [0.25, 0.3) is 0 Å². The van der Waals surface area contributed by atoms with E-state index >= 15 is 0 Å². The number of carboxylic acid groups (broad SMARTS) is 2. The monoisotopic (exact) mass is 388 g/mol. The lowest BCUT2D eigenvalue weighted by Crippen LogP contribution is -2.45. The van der Waals surface area contributed by atoms with Crippen molar-refractivity contribution in [2.75, 3.05) is 0 Å². The molecule has 0 fully saturated rings. The molecule has 0 saturated carbocycles. The van der Waals surface area contributed by atoms with Crippen molar-refractivity contribution in [1.29, 1.82) is 0 Å². The molecule has 3 N–H and O–H groups in total. The van der Waals surface area contributed by atoms with Crippen molar-refractivity contribution in [3.63, 3.8) is 0 Å². The van der Waals surface area contributed by atoms with Gasteiger partial charge < -0.3 is 24.8 Å². The van der Waals surface area contributed by atoms with E-state index < -0.39 is 36.4 Å². The molecule has 0 aliphatic carbocycles. The summed E-state index contributed by atoms with van der Waals surface area (Å²) in [6.07, 6.45) is -6.00. The molecule has 28 heavy (non-hydrogen) atoms. The fourth-order valence-electron chi connectivity index (χ4n) is 2.32. The van der Waals surface area contributed by atoms with Gasteiger partial charge >= 0.3 is 17.9 Å². The van der Waals surface area contributed by atoms with Crippen molar-refractivity contribution >= 4 is 17.9 Å². The van der Waals surface area contributed by atoms with Crippen LogP contribution in [0.3, 0.4) is 0 Å². The molecule has 2 aromatic rings. The predicted octanol–water partition coefficient (Wildman–Crippen LogP) is 2.07. The van der Waals surface area contributed by atoms with Gasteiger partial charge in [0.1, 0.15) is 0 Å². The Hall–Kier alpha value is -3.23. The molecule has 0 aliphatic rings. The molecule has 2 rings (SSSR count). The number of aliphatic carboxylic acids is 2. The number of hydrogen-bond acceptors (Lipinski definition) is 6. The summed E-state index contributed by atoms with van der Waals surface area (Å²) in [5.74, 6) is -4.44. The molecule has 0 bridgehead atoms. The maximum Gasteiger partial charge on any atom is 0.348 e. The third kappa shape index (κ3) is 5.38. The van der Waals surface area contributed by atoms with Gasteiger partial charge in [-0.2, -0.15) is 0 Å². The Morgan fingerprint density at radius 3 is 1.71 bits per heavy atom. The van der Waals surface area contributed by atoms with E-state index in [1.807, 2.05) is 6.92 Å². The van der Waals surface area contributed by atoms with E-state index in [2.05, 4.69) is 0 Å². The first-order chi connectivity index (χ1) is 13.2. The topological polar surface area (TPSA) is 130 Å². The highest BCUT2D eigenvalue weighted by Crippen LogP contribution is 2.20. The number of aryl methyl sites for hydroxylation is 2. The van der Waals surface area contributed by atoms with Crippen LogP contribution in [0.2, 0.25) is 0 Å². The second kappa shape index (κ2) is 9.12. The minimum Gasteiger partial charge on any atom is -0.479 e. The van der Waals surface area contributed by atoms with Crippen molar-refractivity contribution in [2.45, 2.75) is 32.3 Å². The van der Waals surface area contributed by atoms with E-state index in [-0.39, 0.29) is 11.1 Å². The van der Waals surface area contributed by atoms with Crippen molar-refractivity contribution in [2.24, 2.45) is 0 Å². The van der Waals surface area contributed by atoms with E-state index in [4.69, 9.17) is 9.47 Å². The highest BCUT2D eigenvalue weighted by molar-refractivity contribution is 5.93. The highest BCUT2D eigenvalue weighted by atomic mass is 16.6. The number of esters is 1. The van der Waals surface area contributed by atoms with Gasteiger partial charge in [0.2, 0.25) is 12.2 Å². The van der Waals surface area contributed by atoms with E-state index in [1.54, 1.807) is 31.2 Å². The second-order valence-electron chi connectivity index (χ2n) is 6.19. The quantitative estimate of drug-likeness (QED) is 0.463. The fourth-order valence-corrected chi connectivity index (χ4v) is 2.32. The van der Waals surface area contributed by atoms with Gasteiger partial charge in [0.25, 0.3) is 0 Å². The highest BCUT2D eigenvalue weighted by Gasteiger charge is 2.40. The van der Waals surface area contributed by atoms with Gasteiger partial charge in [-0.25, -0.2) is 14.4 Å². The Morgan fingerprint density at radius 1 is 0.786 bits per heavy atom. The van der Waals surface area contributed by atoms with Crippen LogP contribution < -0.4 is 0 Å². The molecule has 0 saturated heterocycles. The molecule has 8 nitrogen and oxygen atoms in total. The Morgan fingerprint density at radius 2 is 1.25 bits per heavy atom. The number of rotatable bonds is 8. The van der Waals surface area contributed by atoms with Gasteiger partial charge in [-0.15, -0.1) is 0 Å². The number of aliphatic hydroxyl groups is 1. The van der Waals surface area contributed by atoms with Crippen molar-refractivity contribution in [3.8, 4) is 0 Å². The number of carbonyl (C=O) groups excluding carboxylic acids is 1. The molecule has 0 spiro atoms. The van der Waals surface area contributed by atoms with Crippen LogP contribution in [-0.4, -0.2) is 45.4 Å². The maximum absolute atomic E-state index is 12.2. The summed E-state index contributed by atoms with van der Waals surface area (Å²) in [7, 11) is 0. The molecule has 2 aromatic carbocycles. The Kier molecular flexibility index (Phi) is 6.86. The summed E-state index contributed by atoms with van der Waals surface area (Å²) >= 11 is 0. The molecule has 0 aliphatic heterocycles. The number of carboxylic acids is 2. The average molecular weight is 388 g/mol. The van der Waals surface area contributed by atoms with Gasteiger partial charge in [-0.3, -0.25) is 0 Å². The van der Waals surface area contributed by atoms with Crippen LogP contribution in [0.15, 0.2) is 48.5 Å². The Labute approximate surface area is 161 Å². The first kappa shape index (κ1) is 21.1. The predicted molar refractivity (Wildman–Crippen MR) is 96.7 cm³/mol. The van der Waals surface area contributed by atoms with Crippen LogP contribution in [-0.2, 0) is 19.1 Å². The molecule has 0 aromatic heterocycles. The van der Waals surface area contributed by atoms with Crippen LogP contribution >= 0.6 is 0 Å². The molecule has 0 radical (unpaired) electrons. The van der Waals surface area contributed by atoms with Gasteiger partial charge in [0.15, 0.2) is 6.29 Å². The molecular weight excluding hydrogens is 368 g/mol. The molecule has 1 unspecified atom stereocenters. The third-order valence-corrected chi connectivity index (χ3v) is 3.92. The van der Waals surface area contributed by atoms with Crippen molar-refractivity contribution in [3.05, 3.63) is 70.8 Å². The molecule has 8 heteroatoms. The van der Waals surface area contributed by atoms with Gasteiger partial charge in [-0.05, 0) is 26.0 Å². The van der Waals surface area contributed by atoms with Crippen LogP contribution in [0.1, 0.15) is 33.3 Å². The molecular formula is C20H20O8. The summed E-state index contributed by atoms with van der Waals surface area (Å²) in [6.45, 7) is 3.62. The second-order valence-corrected chi connectivity index (χ2v) is 6.19. The normalized spacial score (nSPS) is 14.0.